The highest BCUT2D eigenvalue weighted by Gasteiger charge is 2.23. The zero-order valence-electron chi connectivity index (χ0n) is 19.9. The minimum atomic E-state index is 0.363. The van der Waals surface area contributed by atoms with E-state index < -0.39 is 0 Å². The first kappa shape index (κ1) is 23.2. The van der Waals surface area contributed by atoms with Gasteiger partial charge in [0.1, 0.15) is 5.82 Å². The molecule has 1 aliphatic carbocycles. The van der Waals surface area contributed by atoms with Gasteiger partial charge in [-0.15, -0.1) is 0 Å². The normalized spacial score (nSPS) is 18.2. The van der Waals surface area contributed by atoms with Crippen molar-refractivity contribution in [2.75, 3.05) is 29.6 Å². The number of nitrogens with one attached hydrogen (secondary N) is 3. The van der Waals surface area contributed by atoms with Crippen molar-refractivity contribution < 1.29 is 0 Å². The predicted octanol–water partition coefficient (Wildman–Crippen LogP) is 5.53. The van der Waals surface area contributed by atoms with Crippen LogP contribution in [0, 0.1) is 0 Å². The molecule has 1 fully saturated rings. The number of thiocarbonyl (C=S) groups is 1. The molecule has 0 aliphatic heterocycles. The van der Waals surface area contributed by atoms with Gasteiger partial charge in [0.05, 0.1) is 5.52 Å². The monoisotopic (exact) mass is 462 g/mol. The summed E-state index contributed by atoms with van der Waals surface area (Å²) in [5.41, 5.74) is 3.33. The van der Waals surface area contributed by atoms with E-state index in [4.69, 9.17) is 22.2 Å². The highest BCUT2D eigenvalue weighted by Crippen LogP contribution is 2.27. The Morgan fingerprint density at radius 3 is 2.33 bits per heavy atom. The van der Waals surface area contributed by atoms with Crippen molar-refractivity contribution in [3.05, 3.63) is 54.1 Å². The summed E-state index contributed by atoms with van der Waals surface area (Å²) in [4.78, 5) is 11.6. The lowest BCUT2D eigenvalue weighted by Crippen LogP contribution is -2.42. The Morgan fingerprint density at radius 2 is 1.61 bits per heavy atom. The maximum absolute atomic E-state index is 5.62. The number of para-hydroxylation sites is 2. The van der Waals surface area contributed by atoms with E-state index in [0.29, 0.717) is 29.1 Å². The average Bonchev–Trinajstić information content (AvgIpc) is 2.80. The molecule has 1 saturated carbocycles. The molecular weight excluding hydrogens is 428 g/mol. The van der Waals surface area contributed by atoms with E-state index in [2.05, 4.69) is 54.1 Å². The molecule has 6 nitrogen and oxygen atoms in total. The van der Waals surface area contributed by atoms with Gasteiger partial charge in [0.2, 0.25) is 5.95 Å². The van der Waals surface area contributed by atoms with Crippen molar-refractivity contribution in [1.29, 1.82) is 0 Å². The number of rotatable bonds is 6. The smallest absolute Gasteiger partial charge is 0.225 e. The van der Waals surface area contributed by atoms with Crippen LogP contribution in [-0.2, 0) is 0 Å². The van der Waals surface area contributed by atoms with Crippen molar-refractivity contribution in [3.63, 3.8) is 0 Å². The Kier molecular flexibility index (Phi) is 7.28. The van der Waals surface area contributed by atoms with Crippen molar-refractivity contribution in [3.8, 4) is 0 Å². The summed E-state index contributed by atoms with van der Waals surface area (Å²) in [5.74, 6) is 2.09. The van der Waals surface area contributed by atoms with Gasteiger partial charge in [0.25, 0.3) is 0 Å². The van der Waals surface area contributed by atoms with E-state index in [9.17, 15) is 0 Å². The summed E-state index contributed by atoms with van der Waals surface area (Å²) in [5, 5.41) is 12.3. The van der Waals surface area contributed by atoms with Crippen LogP contribution in [0.4, 0.5) is 17.5 Å². The zero-order chi connectivity index (χ0) is 23.4. The number of benzene rings is 2. The molecule has 1 aromatic heterocycles. The maximum Gasteiger partial charge on any atom is 0.225 e. The Balaban J connectivity index is 1.33. The van der Waals surface area contributed by atoms with Crippen LogP contribution in [0.15, 0.2) is 48.5 Å². The van der Waals surface area contributed by atoms with Crippen LogP contribution >= 0.6 is 12.2 Å². The van der Waals surface area contributed by atoms with Crippen molar-refractivity contribution in [2.24, 2.45) is 0 Å². The Morgan fingerprint density at radius 1 is 0.939 bits per heavy atom. The molecule has 0 saturated heterocycles. The molecule has 1 heterocycles. The van der Waals surface area contributed by atoms with Crippen LogP contribution in [0.3, 0.4) is 0 Å². The van der Waals surface area contributed by atoms with E-state index in [-0.39, 0.29) is 0 Å². The molecule has 1 aliphatic rings. The summed E-state index contributed by atoms with van der Waals surface area (Å²) >= 11 is 5.62. The van der Waals surface area contributed by atoms with Gasteiger partial charge in [-0.25, -0.2) is 4.98 Å². The Labute approximate surface area is 202 Å². The zero-order valence-corrected chi connectivity index (χ0v) is 20.7. The first-order valence-corrected chi connectivity index (χ1v) is 12.2. The van der Waals surface area contributed by atoms with Crippen LogP contribution < -0.4 is 20.9 Å². The molecular formula is C26H34N6S. The van der Waals surface area contributed by atoms with E-state index in [1.54, 1.807) is 0 Å². The van der Waals surface area contributed by atoms with Crippen LogP contribution in [0.5, 0.6) is 0 Å². The van der Waals surface area contributed by atoms with Gasteiger partial charge in [0.15, 0.2) is 5.11 Å². The molecule has 0 unspecified atom stereocenters. The molecule has 3 aromatic rings. The van der Waals surface area contributed by atoms with E-state index >= 15 is 0 Å². The average molecular weight is 463 g/mol. The van der Waals surface area contributed by atoms with Gasteiger partial charge in [-0.05, 0) is 67.6 Å². The number of hydrogen-bond donors (Lipinski definition) is 3. The highest BCUT2D eigenvalue weighted by atomic mass is 32.1. The van der Waals surface area contributed by atoms with Crippen molar-refractivity contribution >= 4 is 45.7 Å². The van der Waals surface area contributed by atoms with E-state index in [1.165, 1.54) is 5.56 Å². The van der Waals surface area contributed by atoms with Crippen molar-refractivity contribution in [1.82, 2.24) is 15.3 Å². The number of hydrogen-bond acceptors (Lipinski definition) is 5. The lowest BCUT2D eigenvalue weighted by atomic mass is 9.91. The second-order valence-electron chi connectivity index (χ2n) is 9.32. The Bertz CT molecular complexity index is 1100. The standard InChI is InChI=1S/C26H34N6S/c1-17(2)20-9-5-7-11-22(20)30-26(33)28-19-15-13-18(14-16-19)27-25-29-23-12-8-6-10-21(23)24(31-25)32(3)4/h5-12,17-19H,13-16H2,1-4H3,(H,27,29,31)(H2,28,30,33)/t18-,19+. The molecule has 33 heavy (non-hydrogen) atoms. The SMILES string of the molecule is CC(C)c1ccccc1NC(=S)N[C@H]1CC[C@@H](Nc2nc(N(C)C)c3ccccc3n2)CC1. The van der Waals surface area contributed by atoms with Crippen LogP contribution in [-0.4, -0.2) is 41.3 Å². The minimum absolute atomic E-state index is 0.363. The number of nitrogens with zero attached hydrogens (tertiary/aromatic N) is 3. The fourth-order valence-corrected chi connectivity index (χ4v) is 4.76. The third kappa shape index (κ3) is 5.71. The van der Waals surface area contributed by atoms with Crippen LogP contribution in [0.2, 0.25) is 0 Å². The second-order valence-corrected chi connectivity index (χ2v) is 9.72. The molecule has 7 heteroatoms. The summed E-state index contributed by atoms with van der Waals surface area (Å²) in [6.07, 6.45) is 4.21. The number of aromatic nitrogens is 2. The summed E-state index contributed by atoms with van der Waals surface area (Å²) in [6, 6.07) is 17.3. The molecule has 2 aromatic carbocycles. The van der Waals surface area contributed by atoms with Crippen LogP contribution in [0.25, 0.3) is 10.9 Å². The third-order valence-corrected chi connectivity index (χ3v) is 6.45. The highest BCUT2D eigenvalue weighted by molar-refractivity contribution is 7.80. The Hall–Kier alpha value is -2.93. The van der Waals surface area contributed by atoms with Gasteiger partial charge >= 0.3 is 0 Å². The molecule has 0 spiro atoms. The molecule has 0 radical (unpaired) electrons. The van der Waals surface area contributed by atoms with Gasteiger partial charge in [0, 0.05) is 37.3 Å². The topological polar surface area (TPSA) is 65.1 Å². The lowest BCUT2D eigenvalue weighted by Gasteiger charge is -2.31. The fraction of sp³-hybridized carbons (Fsp3) is 0.423. The molecule has 174 valence electrons. The summed E-state index contributed by atoms with van der Waals surface area (Å²) < 4.78 is 0. The van der Waals surface area contributed by atoms with Gasteiger partial charge in [-0.3, -0.25) is 0 Å². The molecule has 4 rings (SSSR count). The largest absolute Gasteiger partial charge is 0.362 e. The van der Waals surface area contributed by atoms with Crippen molar-refractivity contribution in [2.45, 2.75) is 57.5 Å². The van der Waals surface area contributed by atoms with Gasteiger partial charge < -0.3 is 20.9 Å². The molecule has 3 N–H and O–H groups in total. The fourth-order valence-electron chi connectivity index (χ4n) is 4.49. The molecule has 0 atom stereocenters. The lowest BCUT2D eigenvalue weighted by molar-refractivity contribution is 0.387. The van der Waals surface area contributed by atoms with E-state index in [0.717, 1.165) is 48.1 Å². The van der Waals surface area contributed by atoms with Gasteiger partial charge in [-0.2, -0.15) is 4.98 Å². The molecule has 0 bridgehead atoms. The first-order valence-electron chi connectivity index (χ1n) is 11.8. The second kappa shape index (κ2) is 10.3. The third-order valence-electron chi connectivity index (χ3n) is 6.23. The van der Waals surface area contributed by atoms with Crippen LogP contribution in [0.1, 0.15) is 51.0 Å². The predicted molar refractivity (Wildman–Crippen MR) is 143 cm³/mol. The molecule has 0 amide bonds. The quantitative estimate of drug-likeness (QED) is 0.416. The first-order chi connectivity index (χ1) is 15.9. The van der Waals surface area contributed by atoms with E-state index in [1.807, 2.05) is 43.3 Å². The maximum atomic E-state index is 5.62. The summed E-state index contributed by atoms with van der Waals surface area (Å²) in [6.45, 7) is 4.40. The number of fused-ring (bicyclic) bond motifs is 1. The van der Waals surface area contributed by atoms with Gasteiger partial charge in [-0.1, -0.05) is 44.2 Å². The minimum Gasteiger partial charge on any atom is -0.362 e. The summed E-state index contributed by atoms with van der Waals surface area (Å²) in [7, 11) is 4.04. The number of anilines is 3.